The lowest BCUT2D eigenvalue weighted by Crippen LogP contribution is -2.12. The first kappa shape index (κ1) is 13.5. The lowest BCUT2D eigenvalue weighted by atomic mass is 10.2. The third kappa shape index (κ3) is 3.12. The molecule has 0 atom stereocenters. The summed E-state index contributed by atoms with van der Waals surface area (Å²) in [7, 11) is 0. The number of nitrogens with one attached hydrogen (secondary N) is 1. The average Bonchev–Trinajstić information content (AvgIpc) is 2.81. The Bertz CT molecular complexity index is 610. The van der Waals surface area contributed by atoms with Gasteiger partial charge in [-0.15, -0.1) is 0 Å². The molecule has 2 aromatic rings. The summed E-state index contributed by atoms with van der Waals surface area (Å²) >= 11 is 5.61. The van der Waals surface area contributed by atoms with Crippen molar-refractivity contribution in [3.05, 3.63) is 46.6 Å². The van der Waals surface area contributed by atoms with Crippen LogP contribution in [0.5, 0.6) is 0 Å². The highest BCUT2D eigenvalue weighted by molar-refractivity contribution is 6.31. The maximum absolute atomic E-state index is 13.0. The Balaban J connectivity index is 2.13. The van der Waals surface area contributed by atoms with Crippen molar-refractivity contribution in [3.63, 3.8) is 0 Å². The molecule has 2 rings (SSSR count). The summed E-state index contributed by atoms with van der Waals surface area (Å²) in [6, 6.07) is 3.82. The number of hydrogen-bond donors (Lipinski definition) is 1. The van der Waals surface area contributed by atoms with Gasteiger partial charge >= 0.3 is 6.01 Å². The molecule has 0 saturated carbocycles. The predicted octanol–water partition coefficient (Wildman–Crippen LogP) is 3.84. The molecule has 1 heterocycles. The molecule has 6 heteroatoms. The van der Waals surface area contributed by atoms with Crippen molar-refractivity contribution in [2.24, 2.45) is 0 Å². The highest BCUT2D eigenvalue weighted by Crippen LogP contribution is 2.19. The Morgan fingerprint density at radius 2 is 2.21 bits per heavy atom. The highest BCUT2D eigenvalue weighted by Gasteiger charge is 2.13. The number of oxazole rings is 1. The zero-order chi connectivity index (χ0) is 14.0. The van der Waals surface area contributed by atoms with Crippen LogP contribution < -0.4 is 5.32 Å². The van der Waals surface area contributed by atoms with Crippen LogP contribution in [-0.4, -0.2) is 10.9 Å². The first-order chi connectivity index (χ1) is 8.97. The summed E-state index contributed by atoms with van der Waals surface area (Å²) in [5.41, 5.74) is 0.975. The number of rotatable bonds is 3. The summed E-state index contributed by atoms with van der Waals surface area (Å²) in [5, 5.41) is 2.37. The molecule has 0 fully saturated rings. The van der Waals surface area contributed by atoms with Crippen LogP contribution in [-0.2, 0) is 0 Å². The first-order valence-electron chi connectivity index (χ1n) is 5.69. The van der Waals surface area contributed by atoms with E-state index in [4.69, 9.17) is 16.0 Å². The monoisotopic (exact) mass is 282 g/mol. The fraction of sp³-hybridized carbons (Fsp3) is 0.231. The molecular formula is C13H12ClFN2O2. The van der Waals surface area contributed by atoms with Gasteiger partial charge in [0.05, 0.1) is 10.7 Å². The van der Waals surface area contributed by atoms with Gasteiger partial charge in [-0.3, -0.25) is 10.1 Å². The van der Waals surface area contributed by atoms with Crippen LogP contribution in [0.1, 0.15) is 35.8 Å². The maximum Gasteiger partial charge on any atom is 0.301 e. The van der Waals surface area contributed by atoms with Gasteiger partial charge in [0.1, 0.15) is 12.1 Å². The Kier molecular flexibility index (Phi) is 3.85. The van der Waals surface area contributed by atoms with E-state index in [2.05, 4.69) is 10.3 Å². The molecule has 1 amide bonds. The summed E-state index contributed by atoms with van der Waals surface area (Å²) in [6.45, 7) is 3.92. The predicted molar refractivity (Wildman–Crippen MR) is 70.0 cm³/mol. The first-order valence-corrected chi connectivity index (χ1v) is 6.07. The summed E-state index contributed by atoms with van der Waals surface area (Å²) < 4.78 is 18.1. The second-order valence-electron chi connectivity index (χ2n) is 4.32. The van der Waals surface area contributed by atoms with Crippen molar-refractivity contribution in [3.8, 4) is 0 Å². The number of halogens is 2. The van der Waals surface area contributed by atoms with Gasteiger partial charge < -0.3 is 4.42 Å². The smallest absolute Gasteiger partial charge is 0.301 e. The van der Waals surface area contributed by atoms with Gasteiger partial charge in [0.25, 0.3) is 5.91 Å². The standard InChI is InChI=1S/C13H12ClFN2O2/c1-7(2)11-6-19-13(16-11)17-12(18)8-3-4-10(15)9(14)5-8/h3-7H,1-2H3,(H,16,17,18). The Hall–Kier alpha value is -1.88. The van der Waals surface area contributed by atoms with Crippen LogP contribution in [0.25, 0.3) is 0 Å². The Morgan fingerprint density at radius 1 is 1.47 bits per heavy atom. The Morgan fingerprint density at radius 3 is 2.79 bits per heavy atom. The maximum atomic E-state index is 13.0. The minimum atomic E-state index is -0.573. The topological polar surface area (TPSA) is 55.1 Å². The number of aromatic nitrogens is 1. The molecule has 0 spiro atoms. The molecule has 1 aromatic carbocycles. The van der Waals surface area contributed by atoms with Crippen LogP contribution in [0.3, 0.4) is 0 Å². The average molecular weight is 283 g/mol. The number of nitrogens with zero attached hydrogens (tertiary/aromatic N) is 1. The van der Waals surface area contributed by atoms with E-state index >= 15 is 0 Å². The van der Waals surface area contributed by atoms with E-state index in [1.807, 2.05) is 13.8 Å². The molecule has 0 radical (unpaired) electrons. The lowest BCUT2D eigenvalue weighted by Gasteiger charge is -2.02. The van der Waals surface area contributed by atoms with E-state index in [9.17, 15) is 9.18 Å². The molecule has 19 heavy (non-hydrogen) atoms. The van der Waals surface area contributed by atoms with Gasteiger partial charge in [0.15, 0.2) is 0 Å². The molecule has 0 unspecified atom stereocenters. The molecule has 0 aliphatic carbocycles. The number of amides is 1. The van der Waals surface area contributed by atoms with E-state index in [0.29, 0.717) is 0 Å². The molecule has 1 aromatic heterocycles. The number of carbonyl (C=O) groups excluding carboxylic acids is 1. The molecule has 0 aliphatic rings. The summed E-state index contributed by atoms with van der Waals surface area (Å²) in [5.74, 6) is -0.829. The number of hydrogen-bond acceptors (Lipinski definition) is 3. The second-order valence-corrected chi connectivity index (χ2v) is 4.72. The molecule has 100 valence electrons. The van der Waals surface area contributed by atoms with Crippen molar-refractivity contribution in [1.82, 2.24) is 4.98 Å². The zero-order valence-corrected chi connectivity index (χ0v) is 11.2. The van der Waals surface area contributed by atoms with Crippen molar-refractivity contribution < 1.29 is 13.6 Å². The molecule has 4 nitrogen and oxygen atoms in total. The van der Waals surface area contributed by atoms with Crippen LogP contribution in [0, 0.1) is 5.82 Å². The van der Waals surface area contributed by atoms with Crippen LogP contribution in [0.15, 0.2) is 28.9 Å². The zero-order valence-electron chi connectivity index (χ0n) is 10.4. The number of anilines is 1. The van der Waals surface area contributed by atoms with Gasteiger partial charge in [0.2, 0.25) is 0 Å². The third-order valence-corrected chi connectivity index (χ3v) is 2.81. The van der Waals surface area contributed by atoms with Crippen molar-refractivity contribution in [1.29, 1.82) is 0 Å². The molecule has 1 N–H and O–H groups in total. The van der Waals surface area contributed by atoms with Crippen molar-refractivity contribution in [2.75, 3.05) is 5.32 Å². The van der Waals surface area contributed by atoms with E-state index in [1.165, 1.54) is 18.4 Å². The van der Waals surface area contributed by atoms with Crippen LogP contribution >= 0.6 is 11.6 Å². The fourth-order valence-corrected chi connectivity index (χ4v) is 1.60. The largest absolute Gasteiger partial charge is 0.432 e. The van der Waals surface area contributed by atoms with Gasteiger partial charge in [-0.25, -0.2) is 4.39 Å². The van der Waals surface area contributed by atoms with E-state index in [-0.39, 0.29) is 22.5 Å². The highest BCUT2D eigenvalue weighted by atomic mass is 35.5. The third-order valence-electron chi connectivity index (χ3n) is 2.52. The van der Waals surface area contributed by atoms with Crippen LogP contribution in [0.2, 0.25) is 5.02 Å². The van der Waals surface area contributed by atoms with Gasteiger partial charge in [0, 0.05) is 5.56 Å². The number of benzene rings is 1. The molecule has 0 bridgehead atoms. The number of carbonyl (C=O) groups is 1. The van der Waals surface area contributed by atoms with E-state index in [0.717, 1.165) is 11.8 Å². The molecule has 0 saturated heterocycles. The fourth-order valence-electron chi connectivity index (χ4n) is 1.42. The Labute approximate surface area is 114 Å². The minimum absolute atomic E-state index is 0.106. The van der Waals surface area contributed by atoms with Gasteiger partial charge in [-0.05, 0) is 24.1 Å². The summed E-state index contributed by atoms with van der Waals surface area (Å²) in [4.78, 5) is 16.0. The van der Waals surface area contributed by atoms with Gasteiger partial charge in [-0.1, -0.05) is 25.4 Å². The lowest BCUT2D eigenvalue weighted by molar-refractivity contribution is 0.102. The summed E-state index contributed by atoms with van der Waals surface area (Å²) in [6.07, 6.45) is 1.48. The molecular weight excluding hydrogens is 271 g/mol. The molecule has 0 aliphatic heterocycles. The van der Waals surface area contributed by atoms with E-state index in [1.54, 1.807) is 0 Å². The van der Waals surface area contributed by atoms with Crippen molar-refractivity contribution in [2.45, 2.75) is 19.8 Å². The quantitative estimate of drug-likeness (QED) is 0.930. The second kappa shape index (κ2) is 5.40. The van der Waals surface area contributed by atoms with Crippen molar-refractivity contribution >= 4 is 23.5 Å². The van der Waals surface area contributed by atoms with Gasteiger partial charge in [-0.2, -0.15) is 4.98 Å². The SMILES string of the molecule is CC(C)c1coc(NC(=O)c2ccc(F)c(Cl)c2)n1. The normalized spacial score (nSPS) is 10.8. The van der Waals surface area contributed by atoms with Crippen LogP contribution in [0.4, 0.5) is 10.4 Å². The minimum Gasteiger partial charge on any atom is -0.432 e. The van der Waals surface area contributed by atoms with E-state index < -0.39 is 11.7 Å².